The Bertz CT molecular complexity index is 473. The quantitative estimate of drug-likeness (QED) is 0.689. The standard InChI is InChI=1S/C19H30FNO2/c1-14(2)10-19(12-21-5,11-15(3)4)13-23-18(22)16-6-8-17(20)9-7-16/h6-9,14-15,21H,10-13H2,1-5H3. The van der Waals surface area contributed by atoms with E-state index < -0.39 is 5.97 Å². The van der Waals surface area contributed by atoms with Gasteiger partial charge < -0.3 is 10.1 Å². The topological polar surface area (TPSA) is 38.3 Å². The lowest BCUT2D eigenvalue weighted by Gasteiger charge is -2.36. The van der Waals surface area contributed by atoms with Crippen molar-refractivity contribution in [2.24, 2.45) is 17.3 Å². The molecule has 0 aromatic heterocycles. The fourth-order valence-electron chi connectivity index (χ4n) is 3.39. The number of ether oxygens (including phenoxy) is 1. The van der Waals surface area contributed by atoms with Crippen LogP contribution in [0.2, 0.25) is 0 Å². The minimum Gasteiger partial charge on any atom is -0.461 e. The van der Waals surface area contributed by atoms with E-state index >= 15 is 0 Å². The van der Waals surface area contributed by atoms with Gasteiger partial charge in [0.05, 0.1) is 12.2 Å². The second-order valence-electron chi connectivity index (χ2n) is 7.31. The minimum atomic E-state index is -0.391. The van der Waals surface area contributed by atoms with Gasteiger partial charge in [0.1, 0.15) is 5.82 Å². The lowest BCUT2D eigenvalue weighted by Crippen LogP contribution is -2.40. The van der Waals surface area contributed by atoms with Crippen LogP contribution < -0.4 is 5.32 Å². The Morgan fingerprint density at radius 3 is 2.09 bits per heavy atom. The fraction of sp³-hybridized carbons (Fsp3) is 0.632. The van der Waals surface area contributed by atoms with Crippen molar-refractivity contribution in [1.29, 1.82) is 0 Å². The van der Waals surface area contributed by atoms with E-state index in [9.17, 15) is 9.18 Å². The molecule has 0 saturated heterocycles. The van der Waals surface area contributed by atoms with Gasteiger partial charge in [0.2, 0.25) is 0 Å². The highest BCUT2D eigenvalue weighted by Crippen LogP contribution is 2.34. The monoisotopic (exact) mass is 323 g/mol. The number of hydrogen-bond acceptors (Lipinski definition) is 3. The van der Waals surface area contributed by atoms with E-state index in [1.807, 2.05) is 7.05 Å². The van der Waals surface area contributed by atoms with Gasteiger partial charge in [-0.25, -0.2) is 9.18 Å². The molecule has 0 unspecified atom stereocenters. The maximum atomic E-state index is 13.0. The zero-order valence-electron chi connectivity index (χ0n) is 15.0. The maximum Gasteiger partial charge on any atom is 0.338 e. The summed E-state index contributed by atoms with van der Waals surface area (Å²) in [5, 5.41) is 3.25. The zero-order chi connectivity index (χ0) is 17.5. The molecule has 0 bridgehead atoms. The maximum absolute atomic E-state index is 13.0. The third-order valence-corrected chi connectivity index (χ3v) is 3.82. The van der Waals surface area contributed by atoms with Crippen molar-refractivity contribution in [3.8, 4) is 0 Å². The van der Waals surface area contributed by atoms with E-state index in [4.69, 9.17) is 4.74 Å². The highest BCUT2D eigenvalue weighted by molar-refractivity contribution is 5.89. The Balaban J connectivity index is 2.82. The van der Waals surface area contributed by atoms with Crippen LogP contribution in [0.3, 0.4) is 0 Å². The largest absolute Gasteiger partial charge is 0.461 e. The Labute approximate surface area is 139 Å². The van der Waals surface area contributed by atoms with Crippen molar-refractivity contribution >= 4 is 5.97 Å². The molecule has 23 heavy (non-hydrogen) atoms. The predicted molar refractivity (Wildman–Crippen MR) is 92.0 cm³/mol. The summed E-state index contributed by atoms with van der Waals surface area (Å²) in [5.41, 5.74) is 0.311. The van der Waals surface area contributed by atoms with Crippen LogP contribution in [0.5, 0.6) is 0 Å². The average molecular weight is 323 g/mol. The highest BCUT2D eigenvalue weighted by atomic mass is 19.1. The van der Waals surface area contributed by atoms with Crippen LogP contribution in [0.1, 0.15) is 50.9 Å². The van der Waals surface area contributed by atoms with Crippen molar-refractivity contribution in [1.82, 2.24) is 5.32 Å². The van der Waals surface area contributed by atoms with Crippen LogP contribution >= 0.6 is 0 Å². The fourth-order valence-corrected chi connectivity index (χ4v) is 3.39. The molecule has 0 aliphatic rings. The van der Waals surface area contributed by atoms with Gasteiger partial charge in [0.15, 0.2) is 0 Å². The Kier molecular flexibility index (Phi) is 7.69. The van der Waals surface area contributed by atoms with E-state index in [0.29, 0.717) is 24.0 Å². The van der Waals surface area contributed by atoms with Gasteiger partial charge in [0, 0.05) is 12.0 Å². The van der Waals surface area contributed by atoms with Crippen molar-refractivity contribution in [2.45, 2.75) is 40.5 Å². The van der Waals surface area contributed by atoms with Gasteiger partial charge in [0.25, 0.3) is 0 Å². The Morgan fingerprint density at radius 2 is 1.65 bits per heavy atom. The van der Waals surface area contributed by atoms with Gasteiger partial charge >= 0.3 is 5.97 Å². The SMILES string of the molecule is CNCC(COC(=O)c1ccc(F)cc1)(CC(C)C)CC(C)C. The highest BCUT2D eigenvalue weighted by Gasteiger charge is 2.33. The number of halogens is 1. The second-order valence-corrected chi connectivity index (χ2v) is 7.31. The summed E-state index contributed by atoms with van der Waals surface area (Å²) in [6.07, 6.45) is 1.98. The molecule has 0 amide bonds. The number of carbonyl (C=O) groups excluding carboxylic acids is 1. The molecule has 1 rings (SSSR count). The molecule has 0 aliphatic carbocycles. The third-order valence-electron chi connectivity index (χ3n) is 3.82. The summed E-state index contributed by atoms with van der Waals surface area (Å²) < 4.78 is 18.5. The predicted octanol–water partition coefficient (Wildman–Crippen LogP) is 4.28. The Morgan fingerprint density at radius 1 is 1.13 bits per heavy atom. The molecule has 0 spiro atoms. The smallest absolute Gasteiger partial charge is 0.338 e. The zero-order valence-corrected chi connectivity index (χ0v) is 15.0. The average Bonchev–Trinajstić information content (AvgIpc) is 2.44. The third kappa shape index (κ3) is 6.69. The van der Waals surface area contributed by atoms with E-state index in [1.54, 1.807) is 0 Å². The number of carbonyl (C=O) groups is 1. The van der Waals surface area contributed by atoms with Crippen LogP contribution in [0.15, 0.2) is 24.3 Å². The van der Waals surface area contributed by atoms with Gasteiger partial charge in [-0.2, -0.15) is 0 Å². The van der Waals surface area contributed by atoms with Crippen LogP contribution in [-0.2, 0) is 4.74 Å². The first-order chi connectivity index (χ1) is 10.8. The minimum absolute atomic E-state index is 0.0766. The Hall–Kier alpha value is -1.42. The summed E-state index contributed by atoms with van der Waals surface area (Å²) in [6, 6.07) is 5.48. The number of nitrogens with one attached hydrogen (secondary N) is 1. The molecule has 0 heterocycles. The molecule has 1 aromatic rings. The van der Waals surface area contributed by atoms with Crippen molar-refractivity contribution in [2.75, 3.05) is 20.2 Å². The van der Waals surface area contributed by atoms with Gasteiger partial charge in [-0.15, -0.1) is 0 Å². The molecule has 130 valence electrons. The summed E-state index contributed by atoms with van der Waals surface area (Å²) in [4.78, 5) is 12.2. The normalized spacial score (nSPS) is 12.0. The molecule has 0 radical (unpaired) electrons. The van der Waals surface area contributed by atoms with Crippen LogP contribution in [0.4, 0.5) is 4.39 Å². The molecule has 0 aliphatic heterocycles. The van der Waals surface area contributed by atoms with Crippen molar-refractivity contribution in [3.63, 3.8) is 0 Å². The van der Waals surface area contributed by atoms with Crippen molar-refractivity contribution in [3.05, 3.63) is 35.6 Å². The first-order valence-corrected chi connectivity index (χ1v) is 8.35. The van der Waals surface area contributed by atoms with E-state index in [2.05, 4.69) is 33.0 Å². The lowest BCUT2D eigenvalue weighted by molar-refractivity contribution is 0.0166. The number of hydrogen-bond donors (Lipinski definition) is 1. The van der Waals surface area contributed by atoms with Crippen molar-refractivity contribution < 1.29 is 13.9 Å². The van der Waals surface area contributed by atoms with E-state index in [1.165, 1.54) is 24.3 Å². The molecule has 0 fully saturated rings. The van der Waals surface area contributed by atoms with Gasteiger partial charge in [-0.1, -0.05) is 27.7 Å². The first-order valence-electron chi connectivity index (χ1n) is 8.35. The second kappa shape index (κ2) is 9.02. The molecule has 4 heteroatoms. The lowest BCUT2D eigenvalue weighted by atomic mass is 9.74. The summed E-state index contributed by atoms with van der Waals surface area (Å²) in [7, 11) is 1.93. The molecule has 0 atom stereocenters. The summed E-state index contributed by atoms with van der Waals surface area (Å²) in [5.74, 6) is 0.293. The summed E-state index contributed by atoms with van der Waals surface area (Å²) in [6.45, 7) is 9.93. The first kappa shape index (κ1) is 19.6. The van der Waals surface area contributed by atoms with Crippen LogP contribution in [0, 0.1) is 23.1 Å². The van der Waals surface area contributed by atoms with Gasteiger partial charge in [-0.3, -0.25) is 0 Å². The number of benzene rings is 1. The number of esters is 1. The van der Waals surface area contributed by atoms with Crippen LogP contribution in [-0.4, -0.2) is 26.2 Å². The molecule has 1 N–H and O–H groups in total. The molecule has 0 saturated carbocycles. The molecule has 3 nitrogen and oxygen atoms in total. The molecular formula is C19H30FNO2. The van der Waals surface area contributed by atoms with Gasteiger partial charge in [-0.05, 0) is 56.0 Å². The molecular weight excluding hydrogens is 293 g/mol. The summed E-state index contributed by atoms with van der Waals surface area (Å²) >= 11 is 0. The van der Waals surface area contributed by atoms with E-state index in [-0.39, 0.29) is 11.2 Å². The van der Waals surface area contributed by atoms with E-state index in [0.717, 1.165) is 19.4 Å². The number of rotatable bonds is 9. The molecule has 1 aromatic carbocycles. The van der Waals surface area contributed by atoms with Crippen LogP contribution in [0.25, 0.3) is 0 Å².